The van der Waals surface area contributed by atoms with E-state index in [1.54, 1.807) is 0 Å². The largest absolute Gasteiger partial charge is 0.310 e. The molecular formula is C23H23Cl5Si2. The molecule has 4 rings (SSSR count). The lowest BCUT2D eigenvalue weighted by Gasteiger charge is -2.40. The Hall–Kier alpha value is -0.456. The van der Waals surface area contributed by atoms with Crippen molar-refractivity contribution < 1.29 is 0 Å². The first-order valence-corrected chi connectivity index (χ1v) is 18.5. The molecule has 1 atom stereocenters. The smallest absolute Gasteiger partial charge is 0.144 e. The Balaban J connectivity index is 0.000000171. The van der Waals surface area contributed by atoms with Crippen LogP contribution in [-0.4, -0.2) is 13.4 Å². The molecule has 1 unspecified atom stereocenters. The van der Waals surface area contributed by atoms with E-state index in [0.29, 0.717) is 0 Å². The van der Waals surface area contributed by atoms with E-state index < -0.39 is 17.9 Å². The zero-order valence-corrected chi connectivity index (χ0v) is 22.2. The van der Waals surface area contributed by atoms with Crippen molar-refractivity contribution >= 4 is 79.7 Å². The van der Waals surface area contributed by atoms with Crippen LogP contribution >= 0.6 is 55.9 Å². The maximum atomic E-state index is 6.69. The van der Waals surface area contributed by atoms with Crippen LogP contribution in [0.25, 0.3) is 0 Å². The molecule has 0 aromatic heterocycles. The van der Waals surface area contributed by atoms with Gasteiger partial charge in [0.1, 0.15) is 0 Å². The number of alkyl halides is 1. The number of benzene rings is 3. The van der Waals surface area contributed by atoms with Crippen molar-refractivity contribution in [2.24, 2.45) is 0 Å². The van der Waals surface area contributed by atoms with Gasteiger partial charge in [-0.15, -0.1) is 55.9 Å². The molecule has 158 valence electrons. The van der Waals surface area contributed by atoms with Crippen LogP contribution in [0.4, 0.5) is 0 Å². The lowest BCUT2D eigenvalue weighted by atomic mass is 10.1. The van der Waals surface area contributed by atoms with Crippen molar-refractivity contribution in [3.8, 4) is 0 Å². The van der Waals surface area contributed by atoms with Gasteiger partial charge in [0.25, 0.3) is 6.69 Å². The summed E-state index contributed by atoms with van der Waals surface area (Å²) in [5, 5.41) is 2.05. The summed E-state index contributed by atoms with van der Waals surface area (Å²) in [6, 6.07) is 30.7. The molecule has 0 N–H and O–H groups in total. The Morgan fingerprint density at radius 1 is 0.667 bits per heavy atom. The molecule has 30 heavy (non-hydrogen) atoms. The molecule has 1 aliphatic rings. The quantitative estimate of drug-likeness (QED) is 0.186. The average molecular weight is 533 g/mol. The standard InChI is InChI=1S/C12H10Cl2Si.C11H13Cl3Si/c13-15(14,11-7-3-1-4-8-11)12-9-5-2-6-10-12;12-11(10-6-2-1-3-7-10)8-4-5-9-15(11,13)14/h1-10H;1-3,6-7H,4-5,8-9H2. The van der Waals surface area contributed by atoms with E-state index in [2.05, 4.69) is 0 Å². The first-order valence-electron chi connectivity index (χ1n) is 9.88. The molecule has 0 saturated carbocycles. The normalized spacial score (nSPS) is 20.7. The van der Waals surface area contributed by atoms with Crippen LogP contribution in [0.2, 0.25) is 6.04 Å². The molecule has 0 nitrogen and oxygen atoms in total. The number of hydrogen-bond donors (Lipinski definition) is 0. The molecule has 7 heteroatoms. The maximum absolute atomic E-state index is 6.69. The molecule has 3 aromatic rings. The summed E-state index contributed by atoms with van der Waals surface area (Å²) in [6.45, 7) is -4.89. The van der Waals surface area contributed by atoms with E-state index in [4.69, 9.17) is 55.9 Å². The van der Waals surface area contributed by atoms with Crippen LogP contribution in [0, 0.1) is 0 Å². The monoisotopic (exact) mass is 530 g/mol. The number of hydrogen-bond acceptors (Lipinski definition) is 0. The Bertz CT molecular complexity index is 879. The van der Waals surface area contributed by atoms with E-state index in [0.717, 1.165) is 41.2 Å². The molecule has 0 bridgehead atoms. The molecule has 1 fully saturated rings. The third kappa shape index (κ3) is 5.47. The Morgan fingerprint density at radius 2 is 1.10 bits per heavy atom. The second-order valence-corrected chi connectivity index (χ2v) is 21.8. The third-order valence-corrected chi connectivity index (χ3v) is 17.8. The van der Waals surface area contributed by atoms with Gasteiger partial charge in [-0.2, -0.15) is 0 Å². The molecule has 0 aliphatic carbocycles. The predicted octanol–water partition coefficient (Wildman–Crippen LogP) is 7.48. The van der Waals surface area contributed by atoms with Gasteiger partial charge in [0.15, 0.2) is 0 Å². The SMILES string of the molecule is ClC1(c2ccccc2)CCCC[Si]1(Cl)Cl.Cl[Si](Cl)(c1ccccc1)c1ccccc1. The predicted molar refractivity (Wildman–Crippen MR) is 140 cm³/mol. The molecule has 0 spiro atoms. The van der Waals surface area contributed by atoms with Crippen LogP contribution in [-0.2, 0) is 4.50 Å². The van der Waals surface area contributed by atoms with E-state index in [1.165, 1.54) is 0 Å². The zero-order chi connectivity index (χ0) is 21.7. The van der Waals surface area contributed by atoms with Crippen molar-refractivity contribution in [2.45, 2.75) is 29.8 Å². The topological polar surface area (TPSA) is 0 Å². The van der Waals surface area contributed by atoms with Crippen molar-refractivity contribution in [3.63, 3.8) is 0 Å². The number of rotatable bonds is 3. The summed E-state index contributed by atoms with van der Waals surface area (Å²) in [7, 11) is 0. The van der Waals surface area contributed by atoms with Crippen molar-refractivity contribution in [3.05, 3.63) is 96.6 Å². The lowest BCUT2D eigenvalue weighted by Crippen LogP contribution is -2.48. The zero-order valence-electron chi connectivity index (χ0n) is 16.4. The average Bonchev–Trinajstić information content (AvgIpc) is 2.78. The molecule has 1 aliphatic heterocycles. The summed E-state index contributed by atoms with van der Waals surface area (Å²) < 4.78 is -0.490. The minimum Gasteiger partial charge on any atom is -0.144 e. The maximum Gasteiger partial charge on any atom is 0.310 e. The molecule has 3 aromatic carbocycles. The van der Waals surface area contributed by atoms with Gasteiger partial charge >= 0.3 is 6.69 Å². The Morgan fingerprint density at radius 3 is 1.53 bits per heavy atom. The summed E-state index contributed by atoms with van der Waals surface area (Å²) in [6.07, 6.45) is 3.13. The Labute approximate surface area is 204 Å². The van der Waals surface area contributed by atoms with E-state index in [-0.39, 0.29) is 0 Å². The minimum absolute atomic E-state index is 0.490. The highest BCUT2D eigenvalue weighted by Crippen LogP contribution is 2.52. The fourth-order valence-corrected chi connectivity index (χ4v) is 11.5. The van der Waals surface area contributed by atoms with Crippen LogP contribution in [0.15, 0.2) is 91.0 Å². The summed E-state index contributed by atoms with van der Waals surface area (Å²) in [5.74, 6) is 0. The summed E-state index contributed by atoms with van der Waals surface area (Å²) in [4.78, 5) is 0. The van der Waals surface area contributed by atoms with Crippen LogP contribution in [0.5, 0.6) is 0 Å². The molecular weight excluding hydrogens is 510 g/mol. The lowest BCUT2D eigenvalue weighted by molar-refractivity contribution is 0.608. The van der Waals surface area contributed by atoms with Gasteiger partial charge in [-0.1, -0.05) is 104 Å². The molecule has 0 radical (unpaired) electrons. The molecule has 0 amide bonds. The van der Waals surface area contributed by atoms with E-state index in [9.17, 15) is 0 Å². The van der Waals surface area contributed by atoms with Crippen LogP contribution in [0.1, 0.15) is 24.8 Å². The van der Waals surface area contributed by atoms with Gasteiger partial charge in [0.2, 0.25) is 0 Å². The first-order chi connectivity index (χ1) is 14.3. The second-order valence-electron chi connectivity index (χ2n) is 7.39. The summed E-state index contributed by atoms with van der Waals surface area (Å²) >= 11 is 32.6. The van der Waals surface area contributed by atoms with E-state index in [1.807, 2.05) is 91.0 Å². The van der Waals surface area contributed by atoms with Gasteiger partial charge in [-0.25, -0.2) is 0 Å². The van der Waals surface area contributed by atoms with Crippen molar-refractivity contribution in [1.82, 2.24) is 0 Å². The van der Waals surface area contributed by atoms with Crippen LogP contribution < -0.4 is 10.4 Å². The highest BCUT2D eigenvalue weighted by Gasteiger charge is 2.53. The highest BCUT2D eigenvalue weighted by atomic mass is 35.7. The minimum atomic E-state index is -2.51. The summed E-state index contributed by atoms with van der Waals surface area (Å²) in [5.41, 5.74) is 1.09. The second kappa shape index (κ2) is 10.4. The van der Waals surface area contributed by atoms with Crippen molar-refractivity contribution in [2.75, 3.05) is 0 Å². The Kier molecular flexibility index (Phi) is 8.42. The third-order valence-electron chi connectivity index (χ3n) is 5.35. The fourth-order valence-electron chi connectivity index (χ4n) is 3.62. The van der Waals surface area contributed by atoms with Crippen molar-refractivity contribution in [1.29, 1.82) is 0 Å². The van der Waals surface area contributed by atoms with Gasteiger partial charge < -0.3 is 0 Å². The van der Waals surface area contributed by atoms with Gasteiger partial charge in [-0.05, 0) is 28.4 Å². The first kappa shape index (κ1) is 24.2. The fraction of sp³-hybridized carbons (Fsp3) is 0.217. The van der Waals surface area contributed by atoms with E-state index >= 15 is 0 Å². The van der Waals surface area contributed by atoms with Gasteiger partial charge in [0.05, 0.1) is 4.50 Å². The number of halogens is 5. The highest BCUT2D eigenvalue weighted by molar-refractivity contribution is 7.56. The van der Waals surface area contributed by atoms with Gasteiger partial charge in [0, 0.05) is 0 Å². The van der Waals surface area contributed by atoms with Crippen LogP contribution in [0.3, 0.4) is 0 Å². The van der Waals surface area contributed by atoms with Gasteiger partial charge in [-0.3, -0.25) is 0 Å². The molecule has 1 saturated heterocycles. The molecule has 1 heterocycles.